The van der Waals surface area contributed by atoms with Gasteiger partial charge < -0.3 is 15.4 Å². The first-order valence-corrected chi connectivity index (χ1v) is 7.86. The molecule has 0 saturated heterocycles. The molecule has 0 spiro atoms. The van der Waals surface area contributed by atoms with Crippen molar-refractivity contribution >= 4 is 12.1 Å². The lowest BCUT2D eigenvalue weighted by atomic mass is 9.94. The third-order valence-corrected chi connectivity index (χ3v) is 3.69. The summed E-state index contributed by atoms with van der Waals surface area (Å²) in [5.74, 6) is 0.483. The number of imide groups is 1. The summed E-state index contributed by atoms with van der Waals surface area (Å²) in [6.45, 7) is 7.62. The van der Waals surface area contributed by atoms with Gasteiger partial charge in [-0.3, -0.25) is 0 Å². The normalized spacial score (nSPS) is 16.8. The van der Waals surface area contributed by atoms with Crippen LogP contribution in [0.25, 0.3) is 0 Å². The number of benzene rings is 1. The first kappa shape index (κ1) is 18.1. The number of hydrogen-bond donors (Lipinski definition) is 2. The number of hydrogen-bond acceptors (Lipinski definition) is 4. The molecule has 1 unspecified atom stereocenters. The predicted octanol–water partition coefficient (Wildman–Crippen LogP) is 2.84. The largest absolute Gasteiger partial charge is 0.489 e. The quantitative estimate of drug-likeness (QED) is 0.806. The Morgan fingerprint density at radius 2 is 2.24 bits per heavy atom. The zero-order valence-corrected chi connectivity index (χ0v) is 14.2. The molecule has 0 fully saturated rings. The average Bonchev–Trinajstić information content (AvgIpc) is 2.59. The van der Waals surface area contributed by atoms with Crippen molar-refractivity contribution < 1.29 is 14.3 Å². The van der Waals surface area contributed by atoms with Gasteiger partial charge in [0.05, 0.1) is 11.6 Å². The van der Waals surface area contributed by atoms with Crippen molar-refractivity contribution in [2.24, 2.45) is 0 Å². The molecular formula is C18H20N4O3. The molecule has 0 aliphatic carbocycles. The molecule has 0 radical (unpaired) electrons. The SMILES string of the molecule is C=CCOc1ccccc1C1C(C#N)=C(C)NC(=O)N1C(=O)NCC. The van der Waals surface area contributed by atoms with E-state index in [1.54, 1.807) is 44.2 Å². The molecule has 130 valence electrons. The average molecular weight is 340 g/mol. The molecule has 0 saturated carbocycles. The van der Waals surface area contributed by atoms with Crippen LogP contribution in [0.4, 0.5) is 9.59 Å². The summed E-state index contributed by atoms with van der Waals surface area (Å²) in [5, 5.41) is 14.8. The van der Waals surface area contributed by atoms with E-state index in [1.165, 1.54) is 0 Å². The molecule has 7 heteroatoms. The highest BCUT2D eigenvalue weighted by Gasteiger charge is 2.39. The fourth-order valence-electron chi connectivity index (χ4n) is 2.61. The van der Waals surface area contributed by atoms with Gasteiger partial charge in [0.1, 0.15) is 18.4 Å². The molecular weight excluding hydrogens is 320 g/mol. The van der Waals surface area contributed by atoms with E-state index in [4.69, 9.17) is 4.74 Å². The highest BCUT2D eigenvalue weighted by molar-refractivity contribution is 5.96. The van der Waals surface area contributed by atoms with Crippen LogP contribution in [0.15, 0.2) is 48.2 Å². The van der Waals surface area contributed by atoms with Crippen molar-refractivity contribution in [2.75, 3.05) is 13.2 Å². The van der Waals surface area contributed by atoms with Gasteiger partial charge in [-0.25, -0.2) is 14.5 Å². The van der Waals surface area contributed by atoms with Crippen LogP contribution in [0.3, 0.4) is 0 Å². The van der Waals surface area contributed by atoms with E-state index in [9.17, 15) is 14.9 Å². The Kier molecular flexibility index (Phi) is 5.79. The number of nitrogens with zero attached hydrogens (tertiary/aromatic N) is 2. The summed E-state index contributed by atoms with van der Waals surface area (Å²) in [4.78, 5) is 25.9. The van der Waals surface area contributed by atoms with E-state index < -0.39 is 18.1 Å². The monoisotopic (exact) mass is 340 g/mol. The van der Waals surface area contributed by atoms with Gasteiger partial charge in [0, 0.05) is 17.8 Å². The van der Waals surface area contributed by atoms with Crippen molar-refractivity contribution in [2.45, 2.75) is 19.9 Å². The third kappa shape index (κ3) is 3.63. The van der Waals surface area contributed by atoms with Crippen molar-refractivity contribution in [3.8, 4) is 11.8 Å². The topological polar surface area (TPSA) is 94.5 Å². The van der Waals surface area contributed by atoms with E-state index in [0.717, 1.165) is 4.90 Å². The summed E-state index contributed by atoms with van der Waals surface area (Å²) < 4.78 is 5.65. The molecule has 7 nitrogen and oxygen atoms in total. The van der Waals surface area contributed by atoms with E-state index in [1.807, 2.05) is 0 Å². The highest BCUT2D eigenvalue weighted by Crippen LogP contribution is 2.37. The van der Waals surface area contributed by atoms with Gasteiger partial charge in [0.15, 0.2) is 0 Å². The Balaban J connectivity index is 2.60. The molecule has 4 amide bonds. The van der Waals surface area contributed by atoms with Crippen LogP contribution >= 0.6 is 0 Å². The predicted molar refractivity (Wildman–Crippen MR) is 92.6 cm³/mol. The zero-order valence-electron chi connectivity index (χ0n) is 14.2. The van der Waals surface area contributed by atoms with Crippen LogP contribution in [0.1, 0.15) is 25.5 Å². The van der Waals surface area contributed by atoms with Crippen LogP contribution in [0, 0.1) is 11.3 Å². The molecule has 0 bridgehead atoms. The van der Waals surface area contributed by atoms with E-state index in [-0.39, 0.29) is 12.2 Å². The summed E-state index contributed by atoms with van der Waals surface area (Å²) >= 11 is 0. The first-order valence-electron chi connectivity index (χ1n) is 7.86. The highest BCUT2D eigenvalue weighted by atomic mass is 16.5. The number of carbonyl (C=O) groups excluding carboxylic acids is 2. The van der Waals surface area contributed by atoms with Gasteiger partial charge in [0.25, 0.3) is 0 Å². The second kappa shape index (κ2) is 8.02. The van der Waals surface area contributed by atoms with Crippen molar-refractivity contribution in [1.29, 1.82) is 5.26 Å². The molecule has 1 atom stereocenters. The minimum Gasteiger partial charge on any atom is -0.489 e. The fraction of sp³-hybridized carbons (Fsp3) is 0.278. The molecule has 2 rings (SSSR count). The van der Waals surface area contributed by atoms with Crippen molar-refractivity contribution in [3.63, 3.8) is 0 Å². The first-order chi connectivity index (χ1) is 12.0. The van der Waals surface area contributed by atoms with E-state index in [2.05, 4.69) is 23.3 Å². The smallest absolute Gasteiger partial charge is 0.330 e. The number of carbonyl (C=O) groups is 2. The number of para-hydroxylation sites is 1. The number of ether oxygens (including phenoxy) is 1. The Morgan fingerprint density at radius 3 is 2.88 bits per heavy atom. The molecule has 2 N–H and O–H groups in total. The molecule has 1 aliphatic heterocycles. The molecule has 25 heavy (non-hydrogen) atoms. The van der Waals surface area contributed by atoms with Gasteiger partial charge in [0.2, 0.25) is 0 Å². The van der Waals surface area contributed by atoms with Crippen molar-refractivity contribution in [1.82, 2.24) is 15.5 Å². The molecule has 0 aromatic heterocycles. The van der Waals surface area contributed by atoms with Crippen molar-refractivity contribution in [3.05, 3.63) is 53.8 Å². The summed E-state index contributed by atoms with van der Waals surface area (Å²) in [5.41, 5.74) is 1.25. The van der Waals surface area contributed by atoms with Crippen LogP contribution in [-0.4, -0.2) is 30.1 Å². The maximum Gasteiger partial charge on any atom is 0.330 e. The van der Waals surface area contributed by atoms with Gasteiger partial charge in [-0.2, -0.15) is 5.26 Å². The Labute approximate surface area is 146 Å². The lowest BCUT2D eigenvalue weighted by Crippen LogP contribution is -2.53. The number of amides is 4. The van der Waals surface area contributed by atoms with Gasteiger partial charge >= 0.3 is 12.1 Å². The number of urea groups is 2. The van der Waals surface area contributed by atoms with E-state index in [0.29, 0.717) is 23.6 Å². The lowest BCUT2D eigenvalue weighted by Gasteiger charge is -2.35. The number of nitrogens with one attached hydrogen (secondary N) is 2. The molecule has 1 heterocycles. The Hall–Kier alpha value is -3.27. The molecule has 1 aromatic rings. The van der Waals surface area contributed by atoms with Gasteiger partial charge in [-0.1, -0.05) is 30.9 Å². The number of allylic oxidation sites excluding steroid dienone is 1. The fourth-order valence-corrected chi connectivity index (χ4v) is 2.61. The second-order valence-electron chi connectivity index (χ2n) is 5.33. The summed E-state index contributed by atoms with van der Waals surface area (Å²) in [7, 11) is 0. The minimum atomic E-state index is -0.869. The summed E-state index contributed by atoms with van der Waals surface area (Å²) in [6.07, 6.45) is 1.60. The van der Waals surface area contributed by atoms with Gasteiger partial charge in [-0.05, 0) is 19.9 Å². The Bertz CT molecular complexity index is 764. The third-order valence-electron chi connectivity index (χ3n) is 3.69. The number of rotatable bonds is 5. The van der Waals surface area contributed by atoms with Crippen LogP contribution in [0.2, 0.25) is 0 Å². The maximum absolute atomic E-state index is 12.5. The zero-order chi connectivity index (χ0) is 18.4. The Morgan fingerprint density at radius 1 is 1.52 bits per heavy atom. The second-order valence-corrected chi connectivity index (χ2v) is 5.33. The van der Waals surface area contributed by atoms with Crippen LogP contribution in [0.5, 0.6) is 5.75 Å². The van der Waals surface area contributed by atoms with E-state index >= 15 is 0 Å². The molecule has 1 aromatic carbocycles. The van der Waals surface area contributed by atoms with Gasteiger partial charge in [-0.15, -0.1) is 0 Å². The van der Waals surface area contributed by atoms with Crippen LogP contribution in [-0.2, 0) is 0 Å². The summed E-state index contributed by atoms with van der Waals surface area (Å²) in [6, 6.07) is 7.07. The van der Waals surface area contributed by atoms with Crippen LogP contribution < -0.4 is 15.4 Å². The standard InChI is InChI=1S/C18H20N4O3/c1-4-10-25-15-9-7-6-8-13(15)16-14(11-19)12(3)21-18(24)22(16)17(23)20-5-2/h4,6-9,16H,1,5,10H2,2-3H3,(H,20,23)(H,21,24). The lowest BCUT2D eigenvalue weighted by molar-refractivity contribution is 0.173. The number of nitriles is 1. The minimum absolute atomic E-state index is 0.266. The maximum atomic E-state index is 12.5. The molecule has 1 aliphatic rings.